The molecule has 0 saturated carbocycles. The van der Waals surface area contributed by atoms with Crippen LogP contribution in [0.3, 0.4) is 0 Å². The largest absolute Gasteiger partial charge is 0.383 e. The van der Waals surface area contributed by atoms with E-state index in [2.05, 4.69) is 36.8 Å². The number of rotatable bonds is 2. The molecular formula is C13H17N3S. The molecule has 2 aromatic rings. The summed E-state index contributed by atoms with van der Waals surface area (Å²) in [5.74, 6) is 1.36. The van der Waals surface area contributed by atoms with E-state index in [0.717, 1.165) is 29.1 Å². The fourth-order valence-electron chi connectivity index (χ4n) is 2.03. The summed E-state index contributed by atoms with van der Waals surface area (Å²) in [5, 5.41) is 0. The number of hydrogen-bond donors (Lipinski definition) is 1. The van der Waals surface area contributed by atoms with E-state index in [0.29, 0.717) is 5.82 Å². The zero-order valence-electron chi connectivity index (χ0n) is 10.7. The molecule has 0 unspecified atom stereocenters. The minimum atomic E-state index is 0.609. The first-order chi connectivity index (χ1) is 8.02. The Morgan fingerprint density at radius 1 is 1.24 bits per heavy atom. The normalized spacial score (nSPS) is 10.8. The van der Waals surface area contributed by atoms with Gasteiger partial charge in [-0.15, -0.1) is 11.3 Å². The predicted molar refractivity (Wildman–Crippen MR) is 73.3 cm³/mol. The molecule has 2 aromatic heterocycles. The van der Waals surface area contributed by atoms with E-state index in [9.17, 15) is 0 Å². The number of anilines is 1. The fourth-order valence-corrected chi connectivity index (χ4v) is 2.95. The number of aryl methyl sites for hydroxylation is 3. The molecule has 0 amide bonds. The second-order valence-electron chi connectivity index (χ2n) is 4.18. The van der Waals surface area contributed by atoms with Gasteiger partial charge in [-0.25, -0.2) is 9.97 Å². The van der Waals surface area contributed by atoms with Crippen molar-refractivity contribution in [2.75, 3.05) is 5.73 Å². The molecule has 0 aromatic carbocycles. The van der Waals surface area contributed by atoms with Crippen LogP contribution < -0.4 is 5.73 Å². The van der Waals surface area contributed by atoms with Gasteiger partial charge in [0.2, 0.25) is 0 Å². The van der Waals surface area contributed by atoms with Crippen LogP contribution in [0.1, 0.15) is 27.9 Å². The molecule has 0 saturated heterocycles. The third-order valence-electron chi connectivity index (χ3n) is 2.88. The molecule has 0 bridgehead atoms. The van der Waals surface area contributed by atoms with E-state index >= 15 is 0 Å². The Morgan fingerprint density at radius 2 is 1.94 bits per heavy atom. The first kappa shape index (κ1) is 12.0. The number of thiophene rings is 1. The van der Waals surface area contributed by atoms with Crippen LogP contribution >= 0.6 is 11.3 Å². The molecular weight excluding hydrogens is 230 g/mol. The molecule has 0 atom stereocenters. The van der Waals surface area contributed by atoms with Gasteiger partial charge in [0.05, 0.1) is 0 Å². The summed E-state index contributed by atoms with van der Waals surface area (Å²) in [6.07, 6.45) is 0.875. The number of nitrogen functional groups attached to an aromatic ring is 1. The summed E-state index contributed by atoms with van der Waals surface area (Å²) in [4.78, 5) is 11.5. The van der Waals surface area contributed by atoms with E-state index in [-0.39, 0.29) is 0 Å². The highest BCUT2D eigenvalue weighted by Crippen LogP contribution is 2.29. The summed E-state index contributed by atoms with van der Waals surface area (Å²) >= 11 is 1.76. The average molecular weight is 247 g/mol. The van der Waals surface area contributed by atoms with Gasteiger partial charge in [-0.2, -0.15) is 0 Å². The van der Waals surface area contributed by atoms with Crippen molar-refractivity contribution in [3.63, 3.8) is 0 Å². The summed E-state index contributed by atoms with van der Waals surface area (Å²) in [7, 11) is 0. The first-order valence-electron chi connectivity index (χ1n) is 5.73. The smallest absolute Gasteiger partial charge is 0.162 e. The van der Waals surface area contributed by atoms with Gasteiger partial charge in [-0.1, -0.05) is 6.92 Å². The molecule has 0 spiro atoms. The van der Waals surface area contributed by atoms with E-state index < -0.39 is 0 Å². The van der Waals surface area contributed by atoms with Gasteiger partial charge in [0.1, 0.15) is 5.82 Å². The van der Waals surface area contributed by atoms with Crippen molar-refractivity contribution in [3.8, 4) is 11.4 Å². The molecule has 4 heteroatoms. The van der Waals surface area contributed by atoms with Crippen LogP contribution in [-0.2, 0) is 6.42 Å². The Kier molecular flexibility index (Phi) is 3.15. The van der Waals surface area contributed by atoms with Crippen molar-refractivity contribution in [2.45, 2.75) is 34.1 Å². The van der Waals surface area contributed by atoms with Gasteiger partial charge < -0.3 is 5.73 Å². The zero-order chi connectivity index (χ0) is 12.6. The van der Waals surface area contributed by atoms with Crippen molar-refractivity contribution in [2.24, 2.45) is 0 Å². The van der Waals surface area contributed by atoms with E-state index in [1.807, 2.05) is 6.92 Å². The van der Waals surface area contributed by atoms with E-state index in [1.165, 1.54) is 9.75 Å². The fraction of sp³-hybridized carbons (Fsp3) is 0.385. The second kappa shape index (κ2) is 4.45. The molecule has 2 N–H and O–H groups in total. The maximum atomic E-state index is 5.98. The first-order valence-corrected chi connectivity index (χ1v) is 6.55. The lowest BCUT2D eigenvalue weighted by atomic mass is 10.1. The number of nitrogens with zero attached hydrogens (tertiary/aromatic N) is 2. The lowest BCUT2D eigenvalue weighted by Gasteiger charge is -2.08. The van der Waals surface area contributed by atoms with Crippen LogP contribution in [-0.4, -0.2) is 9.97 Å². The summed E-state index contributed by atoms with van der Waals surface area (Å²) in [6.45, 7) is 8.25. The van der Waals surface area contributed by atoms with Crippen LogP contribution in [0.4, 0.5) is 5.82 Å². The van der Waals surface area contributed by atoms with E-state index in [4.69, 9.17) is 5.73 Å². The zero-order valence-corrected chi connectivity index (χ0v) is 11.5. The van der Waals surface area contributed by atoms with Crippen molar-refractivity contribution in [1.29, 1.82) is 0 Å². The monoisotopic (exact) mass is 247 g/mol. The maximum Gasteiger partial charge on any atom is 0.162 e. The van der Waals surface area contributed by atoms with E-state index in [1.54, 1.807) is 11.3 Å². The molecule has 0 aliphatic heterocycles. The van der Waals surface area contributed by atoms with Crippen molar-refractivity contribution >= 4 is 17.2 Å². The van der Waals surface area contributed by atoms with Gasteiger partial charge in [0.25, 0.3) is 0 Å². The molecule has 2 rings (SSSR count). The SMILES string of the molecule is CCc1c(C)nc(-c2cc(C)sc2C)nc1N. The Balaban J connectivity index is 2.58. The minimum absolute atomic E-state index is 0.609. The van der Waals surface area contributed by atoms with Crippen molar-refractivity contribution in [1.82, 2.24) is 9.97 Å². The van der Waals surface area contributed by atoms with Crippen LogP contribution in [0.2, 0.25) is 0 Å². The number of hydrogen-bond acceptors (Lipinski definition) is 4. The molecule has 90 valence electrons. The van der Waals surface area contributed by atoms with Gasteiger partial charge in [-0.3, -0.25) is 0 Å². The summed E-state index contributed by atoms with van der Waals surface area (Å²) in [6, 6.07) is 2.12. The van der Waals surface area contributed by atoms with Gasteiger partial charge in [0.15, 0.2) is 5.82 Å². The van der Waals surface area contributed by atoms with Gasteiger partial charge >= 0.3 is 0 Å². The Morgan fingerprint density at radius 3 is 2.41 bits per heavy atom. The summed E-state index contributed by atoms with van der Waals surface area (Å²) < 4.78 is 0. The highest BCUT2D eigenvalue weighted by atomic mass is 32.1. The van der Waals surface area contributed by atoms with Crippen LogP contribution in [0.15, 0.2) is 6.07 Å². The quantitative estimate of drug-likeness (QED) is 0.886. The predicted octanol–water partition coefficient (Wildman–Crippen LogP) is 3.27. The summed E-state index contributed by atoms with van der Waals surface area (Å²) in [5.41, 5.74) is 9.12. The topological polar surface area (TPSA) is 51.8 Å². The maximum absolute atomic E-state index is 5.98. The van der Waals surface area contributed by atoms with Crippen LogP contribution in [0.25, 0.3) is 11.4 Å². The Labute approximate surface area is 106 Å². The lowest BCUT2D eigenvalue weighted by molar-refractivity contribution is 1.01. The van der Waals surface area contributed by atoms with Gasteiger partial charge in [-0.05, 0) is 33.3 Å². The van der Waals surface area contributed by atoms with Gasteiger partial charge in [0, 0.05) is 26.6 Å². The molecule has 3 nitrogen and oxygen atoms in total. The number of nitrogens with two attached hydrogens (primary N) is 1. The molecule has 0 aliphatic carbocycles. The Bertz CT molecular complexity index is 535. The second-order valence-corrected chi connectivity index (χ2v) is 5.64. The lowest BCUT2D eigenvalue weighted by Crippen LogP contribution is -2.04. The third kappa shape index (κ3) is 2.17. The molecule has 0 radical (unpaired) electrons. The minimum Gasteiger partial charge on any atom is -0.383 e. The molecule has 0 aliphatic rings. The van der Waals surface area contributed by atoms with Crippen LogP contribution in [0, 0.1) is 20.8 Å². The Hall–Kier alpha value is -1.42. The highest BCUT2D eigenvalue weighted by Gasteiger charge is 2.12. The molecule has 0 fully saturated rings. The molecule has 17 heavy (non-hydrogen) atoms. The average Bonchev–Trinajstić information content (AvgIpc) is 2.57. The standard InChI is InChI=1S/C13H17N3S/c1-5-10-8(3)15-13(16-12(10)14)11-6-7(2)17-9(11)4/h6H,5H2,1-4H3,(H2,14,15,16). The van der Waals surface area contributed by atoms with Crippen LogP contribution in [0.5, 0.6) is 0 Å². The molecule has 2 heterocycles. The number of aromatic nitrogens is 2. The van der Waals surface area contributed by atoms with Crippen molar-refractivity contribution in [3.05, 3.63) is 27.1 Å². The van der Waals surface area contributed by atoms with Crippen molar-refractivity contribution < 1.29 is 0 Å². The highest BCUT2D eigenvalue weighted by molar-refractivity contribution is 7.12. The third-order valence-corrected chi connectivity index (χ3v) is 3.85.